The van der Waals surface area contributed by atoms with E-state index in [-0.39, 0.29) is 16.9 Å². The van der Waals surface area contributed by atoms with Crippen LogP contribution in [0.3, 0.4) is 0 Å². The summed E-state index contributed by atoms with van der Waals surface area (Å²) in [5, 5.41) is 0. The predicted octanol–water partition coefficient (Wildman–Crippen LogP) is 4.19. The molecule has 0 amide bonds. The van der Waals surface area contributed by atoms with E-state index in [0.717, 1.165) is 22.2 Å². The number of hydrogen-bond acceptors (Lipinski definition) is 1. The highest BCUT2D eigenvalue weighted by Gasteiger charge is 2.18. The molecule has 3 rings (SSSR count). The van der Waals surface area contributed by atoms with Crippen LogP contribution in [0.25, 0.3) is 22.2 Å². The third kappa shape index (κ3) is 2.93. The third-order valence-electron chi connectivity index (χ3n) is 3.94. The van der Waals surface area contributed by atoms with Gasteiger partial charge in [0.25, 0.3) is 0 Å². The minimum atomic E-state index is -0.262. The summed E-state index contributed by atoms with van der Waals surface area (Å²) >= 11 is 0. The van der Waals surface area contributed by atoms with Gasteiger partial charge in [0.2, 0.25) is 0 Å². The molecule has 0 unspecified atom stereocenters. The summed E-state index contributed by atoms with van der Waals surface area (Å²) in [6.07, 6.45) is 0. The molecule has 0 aliphatic heterocycles. The van der Waals surface area contributed by atoms with Crippen LogP contribution in [-0.4, -0.2) is 9.13 Å². The number of rotatable bonds is 2. The van der Waals surface area contributed by atoms with Crippen LogP contribution < -0.4 is 5.69 Å². The molecule has 3 nitrogen and oxygen atoms in total. The first-order valence-electron chi connectivity index (χ1n) is 7.71. The lowest BCUT2D eigenvalue weighted by molar-refractivity contribution is 0.342. The molecule has 0 aliphatic rings. The van der Waals surface area contributed by atoms with Crippen LogP contribution in [0.15, 0.2) is 47.3 Å². The van der Waals surface area contributed by atoms with Crippen LogP contribution in [0.5, 0.6) is 0 Å². The van der Waals surface area contributed by atoms with Gasteiger partial charge in [0, 0.05) is 13.6 Å². The maximum Gasteiger partial charge on any atom is 0.328 e. The molecule has 3 aromatic rings. The zero-order valence-electron chi connectivity index (χ0n) is 13.9. The molecule has 1 aromatic heterocycles. The van der Waals surface area contributed by atoms with Crippen LogP contribution in [0.4, 0.5) is 4.39 Å². The summed E-state index contributed by atoms with van der Waals surface area (Å²) in [7, 11) is 1.78. The number of imidazole rings is 1. The lowest BCUT2D eigenvalue weighted by Gasteiger charge is -2.18. The Balaban J connectivity index is 2.18. The van der Waals surface area contributed by atoms with E-state index in [1.165, 1.54) is 12.1 Å². The second kappa shape index (κ2) is 5.37. The summed E-state index contributed by atoms with van der Waals surface area (Å²) in [6.45, 7) is 6.99. The van der Waals surface area contributed by atoms with Crippen LogP contribution in [0.1, 0.15) is 20.8 Å². The fraction of sp³-hybridized carbons (Fsp3) is 0.316. The summed E-state index contributed by atoms with van der Waals surface area (Å²) in [5.41, 5.74) is 3.47. The highest BCUT2D eigenvalue weighted by molar-refractivity contribution is 5.82. The van der Waals surface area contributed by atoms with Crippen molar-refractivity contribution in [2.24, 2.45) is 12.5 Å². The average Bonchev–Trinajstić information content (AvgIpc) is 2.71. The van der Waals surface area contributed by atoms with Gasteiger partial charge in [0.05, 0.1) is 11.0 Å². The number of nitrogens with zero attached hydrogens (tertiary/aromatic N) is 2. The van der Waals surface area contributed by atoms with Gasteiger partial charge in [-0.15, -0.1) is 0 Å². The van der Waals surface area contributed by atoms with Crippen molar-refractivity contribution in [2.75, 3.05) is 0 Å². The van der Waals surface area contributed by atoms with Gasteiger partial charge in [0.1, 0.15) is 5.82 Å². The van der Waals surface area contributed by atoms with Crippen molar-refractivity contribution < 1.29 is 4.39 Å². The molecule has 1 heterocycles. The van der Waals surface area contributed by atoms with Gasteiger partial charge in [-0.3, -0.25) is 9.13 Å². The molecule has 0 radical (unpaired) electrons. The number of aryl methyl sites for hydroxylation is 1. The van der Waals surface area contributed by atoms with Crippen molar-refractivity contribution in [2.45, 2.75) is 27.3 Å². The summed E-state index contributed by atoms with van der Waals surface area (Å²) in [5.74, 6) is -0.262. The van der Waals surface area contributed by atoms with Gasteiger partial charge in [-0.1, -0.05) is 39.0 Å². The molecular weight excluding hydrogens is 291 g/mol. The Hall–Kier alpha value is -2.36. The van der Waals surface area contributed by atoms with Crippen LogP contribution in [0.2, 0.25) is 0 Å². The Morgan fingerprint density at radius 3 is 2.35 bits per heavy atom. The van der Waals surface area contributed by atoms with Gasteiger partial charge in [-0.05, 0) is 40.8 Å². The molecule has 120 valence electrons. The zero-order valence-corrected chi connectivity index (χ0v) is 13.9. The van der Waals surface area contributed by atoms with Crippen molar-refractivity contribution in [1.29, 1.82) is 0 Å². The van der Waals surface area contributed by atoms with Gasteiger partial charge >= 0.3 is 5.69 Å². The average molecular weight is 312 g/mol. The standard InChI is InChI=1S/C19H21FN2O/c1-19(2,3)12-22-16-9-8-14(11-17(16)21(4)18(22)23)13-6-5-7-15(20)10-13/h5-11H,12H2,1-4H3. The number of aromatic nitrogens is 2. The number of fused-ring (bicyclic) bond motifs is 1. The lowest BCUT2D eigenvalue weighted by atomic mass is 9.97. The minimum absolute atomic E-state index is 0.0132. The first-order valence-corrected chi connectivity index (χ1v) is 7.71. The SMILES string of the molecule is Cn1c(=O)n(CC(C)(C)C)c2ccc(-c3cccc(F)c3)cc21. The Labute approximate surface area is 135 Å². The normalized spacial score (nSPS) is 12.0. The highest BCUT2D eigenvalue weighted by Crippen LogP contribution is 2.26. The van der Waals surface area contributed by atoms with Crippen molar-refractivity contribution in [1.82, 2.24) is 9.13 Å². The van der Waals surface area contributed by atoms with E-state index in [2.05, 4.69) is 20.8 Å². The van der Waals surface area contributed by atoms with Gasteiger partial charge < -0.3 is 0 Å². The fourth-order valence-electron chi connectivity index (χ4n) is 2.88. The van der Waals surface area contributed by atoms with E-state index >= 15 is 0 Å². The molecule has 0 N–H and O–H groups in total. The largest absolute Gasteiger partial charge is 0.328 e. The lowest BCUT2D eigenvalue weighted by Crippen LogP contribution is -2.27. The van der Waals surface area contributed by atoms with Crippen molar-refractivity contribution in [3.05, 3.63) is 58.8 Å². The molecular formula is C19H21FN2O. The zero-order chi connectivity index (χ0) is 16.8. The maximum atomic E-state index is 13.4. The minimum Gasteiger partial charge on any atom is -0.295 e. The van der Waals surface area contributed by atoms with Crippen LogP contribution in [-0.2, 0) is 13.6 Å². The molecule has 0 spiro atoms. The predicted molar refractivity (Wildman–Crippen MR) is 92.0 cm³/mol. The summed E-state index contributed by atoms with van der Waals surface area (Å²) < 4.78 is 16.9. The molecule has 0 aliphatic carbocycles. The second-order valence-electron chi connectivity index (χ2n) is 7.20. The van der Waals surface area contributed by atoms with E-state index < -0.39 is 0 Å². The summed E-state index contributed by atoms with van der Waals surface area (Å²) in [6, 6.07) is 12.3. The molecule has 0 saturated heterocycles. The Kier molecular flexibility index (Phi) is 3.63. The van der Waals surface area contributed by atoms with Crippen molar-refractivity contribution in [3.63, 3.8) is 0 Å². The smallest absolute Gasteiger partial charge is 0.295 e. The van der Waals surface area contributed by atoms with Crippen LogP contribution >= 0.6 is 0 Å². The highest BCUT2D eigenvalue weighted by atomic mass is 19.1. The molecule has 0 saturated carbocycles. The van der Waals surface area contributed by atoms with Crippen molar-refractivity contribution >= 4 is 11.0 Å². The second-order valence-corrected chi connectivity index (χ2v) is 7.20. The van der Waals surface area contributed by atoms with Gasteiger partial charge in [-0.2, -0.15) is 0 Å². The molecule has 4 heteroatoms. The maximum absolute atomic E-state index is 13.4. The molecule has 2 aromatic carbocycles. The Morgan fingerprint density at radius 2 is 1.70 bits per heavy atom. The first-order chi connectivity index (χ1) is 10.8. The first kappa shape index (κ1) is 15.5. The molecule has 0 atom stereocenters. The van der Waals surface area contributed by atoms with E-state index in [9.17, 15) is 9.18 Å². The number of halogens is 1. The monoisotopic (exact) mass is 312 g/mol. The number of benzene rings is 2. The van der Waals surface area contributed by atoms with E-state index in [0.29, 0.717) is 6.54 Å². The quantitative estimate of drug-likeness (QED) is 0.697. The molecule has 0 fully saturated rings. The summed E-state index contributed by atoms with van der Waals surface area (Å²) in [4.78, 5) is 12.5. The fourth-order valence-corrected chi connectivity index (χ4v) is 2.88. The molecule has 23 heavy (non-hydrogen) atoms. The Morgan fingerprint density at radius 1 is 1.00 bits per heavy atom. The number of hydrogen-bond donors (Lipinski definition) is 0. The Bertz CT molecular complexity index is 929. The van der Waals surface area contributed by atoms with Crippen molar-refractivity contribution in [3.8, 4) is 11.1 Å². The van der Waals surface area contributed by atoms with Gasteiger partial charge in [-0.25, -0.2) is 9.18 Å². The van der Waals surface area contributed by atoms with E-state index in [1.807, 2.05) is 28.8 Å². The third-order valence-corrected chi connectivity index (χ3v) is 3.94. The van der Waals surface area contributed by atoms with E-state index in [4.69, 9.17) is 0 Å². The van der Waals surface area contributed by atoms with Crippen LogP contribution in [0, 0.1) is 11.2 Å². The van der Waals surface area contributed by atoms with Gasteiger partial charge in [0.15, 0.2) is 0 Å². The van der Waals surface area contributed by atoms with E-state index in [1.54, 1.807) is 17.7 Å². The topological polar surface area (TPSA) is 26.9 Å². The molecule has 0 bridgehead atoms.